The molecule has 6 nitrogen and oxygen atoms in total. The zero-order valence-electron chi connectivity index (χ0n) is 16.4. The summed E-state index contributed by atoms with van der Waals surface area (Å²) in [5.74, 6) is -0.674. The Bertz CT molecular complexity index is 976. The normalized spacial score (nSPS) is 12.4. The zero-order chi connectivity index (χ0) is 21.0. The van der Waals surface area contributed by atoms with Gasteiger partial charge in [-0.15, -0.1) is 0 Å². The number of nitrogens with one attached hydrogen (secondary N) is 1. The number of furan rings is 1. The van der Waals surface area contributed by atoms with Gasteiger partial charge in [-0.25, -0.2) is 9.18 Å². The summed E-state index contributed by atoms with van der Waals surface area (Å²) in [7, 11) is 0. The number of ether oxygens (including phenoxy) is 2. The summed E-state index contributed by atoms with van der Waals surface area (Å²) in [6.45, 7) is 4.33. The molecule has 0 saturated carbocycles. The third-order valence-electron chi connectivity index (χ3n) is 4.26. The Kier molecular flexibility index (Phi) is 5.87. The second-order valence-corrected chi connectivity index (χ2v) is 7.12. The van der Waals surface area contributed by atoms with Crippen molar-refractivity contribution in [3.05, 3.63) is 66.2 Å². The van der Waals surface area contributed by atoms with E-state index in [4.69, 9.17) is 13.9 Å². The molecule has 2 aromatic carbocycles. The molecule has 1 amide bonds. The number of halogens is 1. The minimum absolute atomic E-state index is 0.316. The van der Waals surface area contributed by atoms with E-state index >= 15 is 0 Å². The lowest BCUT2D eigenvalue weighted by atomic mass is 10.1. The third-order valence-corrected chi connectivity index (χ3v) is 4.26. The molecule has 29 heavy (non-hydrogen) atoms. The highest BCUT2D eigenvalue weighted by Crippen LogP contribution is 2.23. The minimum atomic E-state index is -1.34. The molecule has 7 heteroatoms. The van der Waals surface area contributed by atoms with Crippen molar-refractivity contribution in [2.24, 2.45) is 0 Å². The molecule has 3 aromatic rings. The molecule has 1 atom stereocenters. The summed E-state index contributed by atoms with van der Waals surface area (Å²) in [6, 6.07) is 14.3. The molecule has 1 aromatic heterocycles. The average molecular weight is 399 g/mol. The number of amides is 1. The van der Waals surface area contributed by atoms with Gasteiger partial charge in [0.2, 0.25) is 0 Å². The van der Waals surface area contributed by atoms with E-state index in [2.05, 4.69) is 5.32 Å². The van der Waals surface area contributed by atoms with Crippen LogP contribution in [0.2, 0.25) is 0 Å². The molecule has 0 saturated heterocycles. The zero-order valence-corrected chi connectivity index (χ0v) is 16.4. The maximum atomic E-state index is 13.0. The first-order chi connectivity index (χ1) is 13.7. The van der Waals surface area contributed by atoms with Gasteiger partial charge in [0, 0.05) is 5.39 Å². The summed E-state index contributed by atoms with van der Waals surface area (Å²) < 4.78 is 29.3. The smallest absolute Gasteiger partial charge is 0.350 e. The van der Waals surface area contributed by atoms with Crippen molar-refractivity contribution in [3.8, 4) is 5.75 Å². The third kappa shape index (κ3) is 5.13. The van der Waals surface area contributed by atoms with Gasteiger partial charge in [0.1, 0.15) is 22.9 Å². The molecule has 1 heterocycles. The van der Waals surface area contributed by atoms with Crippen molar-refractivity contribution < 1.29 is 27.9 Å². The van der Waals surface area contributed by atoms with Crippen LogP contribution in [-0.4, -0.2) is 24.1 Å². The first-order valence-electron chi connectivity index (χ1n) is 9.14. The van der Waals surface area contributed by atoms with Gasteiger partial charge in [-0.3, -0.25) is 4.79 Å². The number of hydrogen-bond acceptors (Lipinski definition) is 5. The predicted octanol–water partition coefficient (Wildman–Crippen LogP) is 4.15. The minimum Gasteiger partial charge on any atom is -0.476 e. The van der Waals surface area contributed by atoms with Gasteiger partial charge in [-0.05, 0) is 57.2 Å². The Morgan fingerprint density at radius 3 is 2.52 bits per heavy atom. The van der Waals surface area contributed by atoms with Crippen LogP contribution < -0.4 is 10.1 Å². The fourth-order valence-electron chi connectivity index (χ4n) is 2.71. The van der Waals surface area contributed by atoms with Gasteiger partial charge in [0.25, 0.3) is 5.91 Å². The van der Waals surface area contributed by atoms with Gasteiger partial charge in [0.05, 0.1) is 6.04 Å². The van der Waals surface area contributed by atoms with Crippen LogP contribution in [0.4, 0.5) is 4.39 Å². The lowest BCUT2D eigenvalue weighted by Gasteiger charge is -2.24. The fraction of sp³-hybridized carbons (Fsp3) is 0.273. The molecule has 1 N–H and O–H groups in total. The maximum Gasteiger partial charge on any atom is 0.350 e. The van der Waals surface area contributed by atoms with E-state index in [0.29, 0.717) is 11.5 Å². The lowest BCUT2D eigenvalue weighted by Crippen LogP contribution is -2.41. The fourth-order valence-corrected chi connectivity index (χ4v) is 2.71. The van der Waals surface area contributed by atoms with Crippen LogP contribution in [0.1, 0.15) is 32.6 Å². The number of fused-ring (bicyclic) bond motifs is 1. The van der Waals surface area contributed by atoms with E-state index in [1.54, 1.807) is 6.92 Å². The number of carbonyl (C=O) groups is 2. The number of benzene rings is 2. The maximum absolute atomic E-state index is 13.0. The first kappa shape index (κ1) is 20.4. The van der Waals surface area contributed by atoms with E-state index in [0.717, 1.165) is 11.0 Å². The highest BCUT2D eigenvalue weighted by Gasteiger charge is 2.32. The highest BCUT2D eigenvalue weighted by molar-refractivity contribution is 5.84. The number of rotatable bonds is 7. The number of hydrogen-bond donors (Lipinski definition) is 1. The number of para-hydroxylation sites is 1. The van der Waals surface area contributed by atoms with Crippen LogP contribution in [0.5, 0.6) is 5.75 Å². The van der Waals surface area contributed by atoms with Crippen LogP contribution in [0.3, 0.4) is 0 Å². The van der Waals surface area contributed by atoms with Crippen LogP contribution in [0, 0.1) is 5.82 Å². The van der Waals surface area contributed by atoms with Gasteiger partial charge in [-0.2, -0.15) is 0 Å². The number of esters is 1. The Morgan fingerprint density at radius 1 is 1.14 bits per heavy atom. The summed E-state index contributed by atoms with van der Waals surface area (Å²) in [5.41, 5.74) is -0.614. The van der Waals surface area contributed by atoms with Crippen molar-refractivity contribution in [1.29, 1.82) is 0 Å². The molecular formula is C22H22FNO5. The largest absolute Gasteiger partial charge is 0.476 e. The monoisotopic (exact) mass is 399 g/mol. The van der Waals surface area contributed by atoms with Crippen molar-refractivity contribution in [3.63, 3.8) is 0 Å². The molecule has 0 bridgehead atoms. The quantitative estimate of drug-likeness (QED) is 0.604. The lowest BCUT2D eigenvalue weighted by molar-refractivity contribution is -0.162. The van der Waals surface area contributed by atoms with E-state index in [1.165, 1.54) is 38.1 Å². The van der Waals surface area contributed by atoms with Crippen LogP contribution >= 0.6 is 0 Å². The molecule has 0 fully saturated rings. The standard InChI is InChI=1S/C22H22FNO5/c1-14(19-12-15-6-4-5-7-18(15)28-19)24-20(25)13-27-21(26)22(2,3)29-17-10-8-16(23)9-11-17/h4-12,14H,13H2,1-3H3,(H,24,25)/t14-/m1/s1. The summed E-state index contributed by atoms with van der Waals surface area (Å²) >= 11 is 0. The Labute approximate surface area is 167 Å². The highest BCUT2D eigenvalue weighted by atomic mass is 19.1. The Balaban J connectivity index is 1.52. The summed E-state index contributed by atoms with van der Waals surface area (Å²) in [6.07, 6.45) is 0. The van der Waals surface area contributed by atoms with Gasteiger partial charge >= 0.3 is 5.97 Å². The molecule has 0 radical (unpaired) electrons. The molecule has 0 aliphatic rings. The van der Waals surface area contributed by atoms with Crippen molar-refractivity contribution in [2.75, 3.05) is 6.61 Å². The van der Waals surface area contributed by atoms with E-state index < -0.39 is 35.9 Å². The van der Waals surface area contributed by atoms with Crippen LogP contribution in [0.15, 0.2) is 59.0 Å². The van der Waals surface area contributed by atoms with Gasteiger partial charge in [0.15, 0.2) is 12.2 Å². The van der Waals surface area contributed by atoms with E-state index in [-0.39, 0.29) is 0 Å². The average Bonchev–Trinajstić information content (AvgIpc) is 3.12. The molecule has 0 aliphatic heterocycles. The van der Waals surface area contributed by atoms with E-state index in [1.807, 2.05) is 30.3 Å². The molecule has 0 aliphatic carbocycles. The summed E-state index contributed by atoms with van der Waals surface area (Å²) in [4.78, 5) is 24.5. The SMILES string of the molecule is C[C@@H](NC(=O)COC(=O)C(C)(C)Oc1ccc(F)cc1)c1cc2ccccc2o1. The predicted molar refractivity (Wildman–Crippen MR) is 105 cm³/mol. The topological polar surface area (TPSA) is 77.8 Å². The molecule has 152 valence electrons. The van der Waals surface area contributed by atoms with Crippen molar-refractivity contribution >= 4 is 22.8 Å². The molecule has 0 unspecified atom stereocenters. The van der Waals surface area contributed by atoms with Gasteiger partial charge in [-0.1, -0.05) is 18.2 Å². The van der Waals surface area contributed by atoms with Crippen LogP contribution in [0.25, 0.3) is 11.0 Å². The Hall–Kier alpha value is -3.35. The van der Waals surface area contributed by atoms with E-state index in [9.17, 15) is 14.0 Å². The van der Waals surface area contributed by atoms with Crippen LogP contribution in [-0.2, 0) is 14.3 Å². The van der Waals surface area contributed by atoms with Crippen molar-refractivity contribution in [2.45, 2.75) is 32.4 Å². The van der Waals surface area contributed by atoms with Crippen molar-refractivity contribution in [1.82, 2.24) is 5.32 Å². The molecule has 3 rings (SSSR count). The number of carbonyl (C=O) groups excluding carboxylic acids is 2. The second-order valence-electron chi connectivity index (χ2n) is 7.12. The first-order valence-corrected chi connectivity index (χ1v) is 9.14. The summed E-state index contributed by atoms with van der Waals surface area (Å²) in [5, 5.41) is 3.67. The molecular weight excluding hydrogens is 377 g/mol. The van der Waals surface area contributed by atoms with Gasteiger partial charge < -0.3 is 19.2 Å². The molecule has 0 spiro atoms. The second kappa shape index (κ2) is 8.34. The Morgan fingerprint density at radius 2 is 1.83 bits per heavy atom.